The van der Waals surface area contributed by atoms with E-state index in [4.69, 9.17) is 0 Å². The first-order valence-electron chi connectivity index (χ1n) is 3.20. The smallest absolute Gasteiger partial charge is 0.342 e. The highest BCUT2D eigenvalue weighted by Crippen LogP contribution is 2.16. The zero-order valence-corrected chi connectivity index (χ0v) is 6.20. The van der Waals surface area contributed by atoms with Gasteiger partial charge < -0.3 is 4.74 Å². The Bertz CT molecular complexity index is 174. The minimum absolute atomic E-state index is 0.190. The van der Waals surface area contributed by atoms with E-state index in [2.05, 4.69) is 11.3 Å². The molecule has 0 aliphatic carbocycles. The quantitative estimate of drug-likeness (QED) is 0.362. The van der Waals surface area contributed by atoms with Crippen LogP contribution in [0.3, 0.4) is 0 Å². The summed E-state index contributed by atoms with van der Waals surface area (Å²) in [5.74, 6) is 0. The standard InChI is InChI=1S/C7H8F4O/c1-2-3-4-5(8)12-7(11)6(9)10/h2,5H,1,3-4H2. The molecule has 0 amide bonds. The summed E-state index contributed by atoms with van der Waals surface area (Å²) in [6.45, 7) is 3.27. The number of hydrogen-bond acceptors (Lipinski definition) is 1. The molecule has 1 atom stereocenters. The molecular weight excluding hydrogens is 176 g/mol. The number of hydrogen-bond donors (Lipinski definition) is 0. The lowest BCUT2D eigenvalue weighted by molar-refractivity contribution is -0.0360. The fraction of sp³-hybridized carbons (Fsp3) is 0.429. The van der Waals surface area contributed by atoms with Gasteiger partial charge in [-0.3, -0.25) is 0 Å². The van der Waals surface area contributed by atoms with Crippen molar-refractivity contribution in [2.45, 2.75) is 19.2 Å². The van der Waals surface area contributed by atoms with Crippen molar-refractivity contribution in [1.82, 2.24) is 0 Å². The Morgan fingerprint density at radius 3 is 2.42 bits per heavy atom. The van der Waals surface area contributed by atoms with Crippen LogP contribution >= 0.6 is 0 Å². The van der Waals surface area contributed by atoms with Gasteiger partial charge in [-0.1, -0.05) is 6.08 Å². The molecule has 0 N–H and O–H groups in total. The lowest BCUT2D eigenvalue weighted by Crippen LogP contribution is -2.03. The van der Waals surface area contributed by atoms with Crippen LogP contribution in [0.2, 0.25) is 0 Å². The number of ether oxygens (including phenoxy) is 1. The highest BCUT2D eigenvalue weighted by molar-refractivity contribution is 4.81. The molecule has 0 radical (unpaired) electrons. The second-order valence-electron chi connectivity index (χ2n) is 1.93. The van der Waals surface area contributed by atoms with Crippen LogP contribution in [0.15, 0.2) is 24.7 Å². The third kappa shape index (κ3) is 4.76. The maximum Gasteiger partial charge on any atom is 0.342 e. The van der Waals surface area contributed by atoms with Crippen molar-refractivity contribution in [3.8, 4) is 0 Å². The van der Waals surface area contributed by atoms with Gasteiger partial charge >= 0.3 is 12.1 Å². The van der Waals surface area contributed by atoms with Crippen molar-refractivity contribution >= 4 is 0 Å². The van der Waals surface area contributed by atoms with Crippen LogP contribution in [0.4, 0.5) is 17.6 Å². The third-order valence-corrected chi connectivity index (χ3v) is 0.978. The fourth-order valence-electron chi connectivity index (χ4n) is 0.465. The molecule has 0 bridgehead atoms. The lowest BCUT2D eigenvalue weighted by Gasteiger charge is -2.06. The average Bonchev–Trinajstić information content (AvgIpc) is 2.00. The van der Waals surface area contributed by atoms with Gasteiger partial charge in [0.2, 0.25) is 6.36 Å². The molecule has 0 fully saturated rings. The van der Waals surface area contributed by atoms with Gasteiger partial charge in [0, 0.05) is 6.42 Å². The first kappa shape index (κ1) is 11.0. The summed E-state index contributed by atoms with van der Waals surface area (Å²) in [7, 11) is 0. The molecular formula is C7H8F4O. The SMILES string of the molecule is C=CCCC(F)OC(F)=C(F)F. The Labute approximate surface area is 67.3 Å². The fourth-order valence-corrected chi connectivity index (χ4v) is 0.465. The van der Waals surface area contributed by atoms with Crippen molar-refractivity contribution < 1.29 is 22.3 Å². The van der Waals surface area contributed by atoms with Gasteiger partial charge in [0.05, 0.1) is 0 Å². The van der Waals surface area contributed by atoms with Crippen LogP contribution in [0.5, 0.6) is 0 Å². The molecule has 0 saturated carbocycles. The molecule has 0 aliphatic rings. The van der Waals surface area contributed by atoms with Crippen LogP contribution in [0, 0.1) is 0 Å². The van der Waals surface area contributed by atoms with Gasteiger partial charge in [0.1, 0.15) is 0 Å². The minimum Gasteiger partial charge on any atom is -0.432 e. The van der Waals surface area contributed by atoms with E-state index < -0.39 is 18.5 Å². The number of alkyl halides is 1. The zero-order valence-electron chi connectivity index (χ0n) is 6.20. The summed E-state index contributed by atoms with van der Waals surface area (Å²) in [4.78, 5) is 0. The summed E-state index contributed by atoms with van der Waals surface area (Å²) < 4.78 is 50.3. The van der Waals surface area contributed by atoms with E-state index in [1.807, 2.05) is 0 Å². The second kappa shape index (κ2) is 5.62. The van der Waals surface area contributed by atoms with E-state index >= 15 is 0 Å². The molecule has 0 aromatic heterocycles. The molecule has 0 spiro atoms. The predicted molar refractivity (Wildman–Crippen MR) is 35.8 cm³/mol. The van der Waals surface area contributed by atoms with Crippen molar-refractivity contribution in [2.75, 3.05) is 0 Å². The van der Waals surface area contributed by atoms with Gasteiger partial charge in [0.25, 0.3) is 0 Å². The molecule has 0 aromatic carbocycles. The van der Waals surface area contributed by atoms with Crippen molar-refractivity contribution in [2.24, 2.45) is 0 Å². The first-order chi connectivity index (χ1) is 5.57. The third-order valence-electron chi connectivity index (χ3n) is 0.978. The number of halogens is 4. The maximum absolute atomic E-state index is 12.3. The maximum atomic E-state index is 12.3. The Kier molecular flexibility index (Phi) is 5.16. The van der Waals surface area contributed by atoms with E-state index in [1.165, 1.54) is 6.08 Å². The molecule has 0 aromatic rings. The Morgan fingerprint density at radius 1 is 1.42 bits per heavy atom. The minimum atomic E-state index is -2.66. The molecule has 1 unspecified atom stereocenters. The molecule has 1 nitrogen and oxygen atoms in total. The van der Waals surface area contributed by atoms with Crippen LogP contribution in [0.25, 0.3) is 0 Å². The van der Waals surface area contributed by atoms with Gasteiger partial charge in [-0.2, -0.15) is 13.2 Å². The van der Waals surface area contributed by atoms with Crippen LogP contribution < -0.4 is 0 Å². The molecule has 0 rings (SSSR count). The van der Waals surface area contributed by atoms with E-state index in [-0.39, 0.29) is 12.8 Å². The lowest BCUT2D eigenvalue weighted by atomic mass is 10.3. The number of allylic oxidation sites excluding steroid dienone is 1. The normalized spacial score (nSPS) is 12.0. The van der Waals surface area contributed by atoms with Crippen molar-refractivity contribution in [3.05, 3.63) is 24.7 Å². The van der Waals surface area contributed by atoms with E-state index in [9.17, 15) is 17.6 Å². The number of rotatable bonds is 5. The molecule has 70 valence electrons. The Morgan fingerprint density at radius 2 is 2.00 bits per heavy atom. The zero-order chi connectivity index (χ0) is 9.56. The highest BCUT2D eigenvalue weighted by Gasteiger charge is 2.13. The largest absolute Gasteiger partial charge is 0.432 e. The van der Waals surface area contributed by atoms with Crippen molar-refractivity contribution in [3.63, 3.8) is 0 Å². The summed E-state index contributed by atoms with van der Waals surface area (Å²) in [6, 6.07) is -2.16. The molecule has 12 heavy (non-hydrogen) atoms. The van der Waals surface area contributed by atoms with Gasteiger partial charge in [-0.15, -0.1) is 6.58 Å². The summed E-state index contributed by atoms with van der Waals surface area (Å²) in [6.07, 6.45) is -3.28. The van der Waals surface area contributed by atoms with Crippen molar-refractivity contribution in [1.29, 1.82) is 0 Å². The van der Waals surface area contributed by atoms with Crippen LogP contribution in [0.1, 0.15) is 12.8 Å². The van der Waals surface area contributed by atoms with Gasteiger partial charge in [-0.25, -0.2) is 4.39 Å². The van der Waals surface area contributed by atoms with E-state index in [0.717, 1.165) is 0 Å². The second-order valence-corrected chi connectivity index (χ2v) is 1.93. The van der Waals surface area contributed by atoms with E-state index in [0.29, 0.717) is 0 Å². The van der Waals surface area contributed by atoms with Crippen LogP contribution in [-0.4, -0.2) is 6.36 Å². The van der Waals surface area contributed by atoms with E-state index in [1.54, 1.807) is 0 Å². The highest BCUT2D eigenvalue weighted by atomic mass is 19.3. The molecule has 0 heterocycles. The predicted octanol–water partition coefficient (Wildman–Crippen LogP) is 3.30. The summed E-state index contributed by atoms with van der Waals surface area (Å²) in [5, 5.41) is 0. The average molecular weight is 184 g/mol. The van der Waals surface area contributed by atoms with Crippen LogP contribution in [-0.2, 0) is 4.74 Å². The Balaban J connectivity index is 3.76. The molecule has 0 aliphatic heterocycles. The summed E-state index contributed by atoms with van der Waals surface area (Å²) >= 11 is 0. The molecule has 0 saturated heterocycles. The first-order valence-corrected chi connectivity index (χ1v) is 3.20. The monoisotopic (exact) mass is 184 g/mol. The topological polar surface area (TPSA) is 9.23 Å². The summed E-state index contributed by atoms with van der Waals surface area (Å²) in [5.41, 5.74) is 0. The van der Waals surface area contributed by atoms with Gasteiger partial charge in [-0.05, 0) is 6.42 Å². The Hall–Kier alpha value is -1.00. The van der Waals surface area contributed by atoms with Gasteiger partial charge in [0.15, 0.2) is 0 Å². The molecule has 5 heteroatoms.